The molecule has 7 heteroatoms. The fraction of sp³-hybridized carbons (Fsp3) is 0.400. The number of halogens is 2. The van der Waals surface area contributed by atoms with E-state index in [1.807, 2.05) is 6.07 Å². The minimum Gasteiger partial charge on any atom is -0.486 e. The number of rotatable bonds is 9. The van der Waals surface area contributed by atoms with E-state index in [-0.39, 0.29) is 40.0 Å². The highest BCUT2D eigenvalue weighted by molar-refractivity contribution is 6.30. The molecule has 1 N–H and O–H groups in total. The number of benzene rings is 1. The fourth-order valence-electron chi connectivity index (χ4n) is 5.00. The summed E-state index contributed by atoms with van der Waals surface area (Å²) in [5.74, 6) is 0.205. The number of nitrogens with zero attached hydrogens (tertiary/aromatic N) is 1. The molecule has 1 amide bonds. The number of hydrogen-bond acceptors (Lipinski definition) is 4. The van der Waals surface area contributed by atoms with Crippen molar-refractivity contribution in [2.45, 2.75) is 44.1 Å². The topological polar surface area (TPSA) is 68.3 Å². The standard InChI is InChI=1S/C25H24ClFN2O3/c26-20-7-6-19(9-21(20)27)32-12-18(30)10-24-13-25(14-24,15-24)29-23(31)22-8-5-17(11-28-22)4-3-16-1-2-16/h3-9,11,16H,1-2,10,12-15H2,(H,29,31)/b4-3+. The van der Waals surface area contributed by atoms with E-state index in [0.717, 1.165) is 24.8 Å². The van der Waals surface area contributed by atoms with Gasteiger partial charge in [-0.2, -0.15) is 0 Å². The van der Waals surface area contributed by atoms with Gasteiger partial charge < -0.3 is 10.1 Å². The van der Waals surface area contributed by atoms with Crippen LogP contribution in [0.1, 0.15) is 54.6 Å². The Balaban J connectivity index is 1.07. The van der Waals surface area contributed by atoms with E-state index in [4.69, 9.17) is 16.3 Å². The minimum absolute atomic E-state index is 0.0152. The van der Waals surface area contributed by atoms with Crippen molar-refractivity contribution in [3.05, 3.63) is 64.7 Å². The third-order valence-corrected chi connectivity index (χ3v) is 6.89. The van der Waals surface area contributed by atoms with E-state index in [2.05, 4.69) is 22.5 Å². The Bertz CT molecular complexity index is 1080. The summed E-state index contributed by atoms with van der Waals surface area (Å²) >= 11 is 5.65. The first-order valence-corrected chi connectivity index (χ1v) is 11.3. The monoisotopic (exact) mass is 454 g/mol. The zero-order chi connectivity index (χ0) is 22.3. The van der Waals surface area contributed by atoms with Crippen molar-refractivity contribution in [3.63, 3.8) is 0 Å². The summed E-state index contributed by atoms with van der Waals surface area (Å²) in [4.78, 5) is 29.2. The maximum Gasteiger partial charge on any atom is 0.270 e. The Labute approximate surface area is 191 Å². The normalized spacial score (nSPS) is 25.7. The van der Waals surface area contributed by atoms with Gasteiger partial charge in [-0.25, -0.2) is 4.39 Å². The van der Waals surface area contributed by atoms with Crippen LogP contribution in [0.3, 0.4) is 0 Å². The van der Waals surface area contributed by atoms with Crippen molar-refractivity contribution in [1.29, 1.82) is 0 Å². The van der Waals surface area contributed by atoms with Gasteiger partial charge in [-0.1, -0.05) is 29.8 Å². The summed E-state index contributed by atoms with van der Waals surface area (Å²) in [5, 5.41) is 3.12. The number of Topliss-reactive ketones (excluding diaryl/α,β-unsaturated/α-hetero) is 1. The van der Waals surface area contributed by atoms with Gasteiger partial charge in [0.25, 0.3) is 5.91 Å². The van der Waals surface area contributed by atoms with Crippen molar-refractivity contribution in [3.8, 4) is 5.75 Å². The Kier molecular flexibility index (Phi) is 5.28. The van der Waals surface area contributed by atoms with E-state index >= 15 is 0 Å². The van der Waals surface area contributed by atoms with Crippen LogP contribution in [0.4, 0.5) is 4.39 Å². The molecule has 5 nitrogen and oxygen atoms in total. The molecule has 0 saturated heterocycles. The molecule has 32 heavy (non-hydrogen) atoms. The van der Waals surface area contributed by atoms with Crippen LogP contribution in [0.15, 0.2) is 42.6 Å². The number of carbonyl (C=O) groups is 2. The lowest BCUT2D eigenvalue weighted by atomic mass is 9.38. The van der Waals surface area contributed by atoms with Crippen LogP contribution in [-0.4, -0.2) is 28.8 Å². The molecule has 6 rings (SSSR count). The molecule has 2 aromatic rings. The molecule has 4 aliphatic rings. The van der Waals surface area contributed by atoms with Gasteiger partial charge in [0.15, 0.2) is 5.78 Å². The zero-order valence-electron chi connectivity index (χ0n) is 17.6. The molecule has 1 aromatic heterocycles. The largest absolute Gasteiger partial charge is 0.486 e. The highest BCUT2D eigenvalue weighted by atomic mass is 35.5. The van der Waals surface area contributed by atoms with E-state index in [0.29, 0.717) is 18.0 Å². The molecule has 4 fully saturated rings. The van der Waals surface area contributed by atoms with Gasteiger partial charge in [0.2, 0.25) is 0 Å². The summed E-state index contributed by atoms with van der Waals surface area (Å²) < 4.78 is 18.9. The van der Waals surface area contributed by atoms with Crippen molar-refractivity contribution in [2.24, 2.45) is 11.3 Å². The van der Waals surface area contributed by atoms with Crippen LogP contribution < -0.4 is 10.1 Å². The molecule has 0 spiro atoms. The third kappa shape index (κ3) is 4.42. The summed E-state index contributed by atoms with van der Waals surface area (Å²) in [6.07, 6.45) is 11.3. The first kappa shape index (κ1) is 21.1. The Hall–Kier alpha value is -2.73. The molecule has 1 aromatic carbocycles. The van der Waals surface area contributed by atoms with E-state index in [9.17, 15) is 14.0 Å². The van der Waals surface area contributed by atoms with Crippen LogP contribution in [-0.2, 0) is 4.79 Å². The first-order chi connectivity index (χ1) is 15.3. The van der Waals surface area contributed by atoms with Crippen molar-refractivity contribution >= 4 is 29.4 Å². The van der Waals surface area contributed by atoms with Crippen molar-refractivity contribution < 1.29 is 18.7 Å². The van der Waals surface area contributed by atoms with E-state index in [1.165, 1.54) is 31.0 Å². The van der Waals surface area contributed by atoms with Crippen molar-refractivity contribution in [2.75, 3.05) is 6.61 Å². The summed E-state index contributed by atoms with van der Waals surface area (Å²) in [5.41, 5.74) is 1.14. The molecule has 0 aliphatic heterocycles. The predicted molar refractivity (Wildman–Crippen MR) is 119 cm³/mol. The average Bonchev–Trinajstić information content (AvgIpc) is 3.55. The van der Waals surface area contributed by atoms with Gasteiger partial charge >= 0.3 is 0 Å². The second kappa shape index (κ2) is 8.00. The minimum atomic E-state index is -0.576. The Morgan fingerprint density at radius 2 is 2.00 bits per heavy atom. The van der Waals surface area contributed by atoms with Gasteiger partial charge in [-0.3, -0.25) is 14.6 Å². The number of nitrogens with one attached hydrogen (secondary N) is 1. The number of carbonyl (C=O) groups excluding carboxylic acids is 2. The van der Waals surface area contributed by atoms with Crippen LogP contribution in [0.25, 0.3) is 6.08 Å². The lowest BCUT2D eigenvalue weighted by Crippen LogP contribution is -2.75. The predicted octanol–water partition coefficient (Wildman–Crippen LogP) is 4.99. The molecule has 0 atom stereocenters. The van der Waals surface area contributed by atoms with Gasteiger partial charge in [-0.05, 0) is 67.2 Å². The van der Waals surface area contributed by atoms with Gasteiger partial charge in [0, 0.05) is 24.2 Å². The summed E-state index contributed by atoms with van der Waals surface area (Å²) in [7, 11) is 0. The number of hydrogen-bond donors (Lipinski definition) is 1. The fourth-order valence-corrected chi connectivity index (χ4v) is 5.11. The Morgan fingerprint density at radius 1 is 1.22 bits per heavy atom. The van der Waals surface area contributed by atoms with Crippen LogP contribution in [0.5, 0.6) is 5.75 Å². The highest BCUT2D eigenvalue weighted by Crippen LogP contribution is 2.69. The maximum atomic E-state index is 13.5. The first-order valence-electron chi connectivity index (χ1n) is 10.9. The third-order valence-electron chi connectivity index (χ3n) is 6.58. The average molecular weight is 455 g/mol. The molecular formula is C25H24ClFN2O3. The van der Waals surface area contributed by atoms with Crippen LogP contribution in [0.2, 0.25) is 5.02 Å². The second-order valence-corrected chi connectivity index (χ2v) is 9.93. The number of ether oxygens (including phenoxy) is 1. The zero-order valence-corrected chi connectivity index (χ0v) is 18.3. The lowest BCUT2D eigenvalue weighted by molar-refractivity contribution is -0.162. The van der Waals surface area contributed by atoms with Gasteiger partial charge in [0.05, 0.1) is 5.02 Å². The van der Waals surface area contributed by atoms with Crippen LogP contribution in [0, 0.1) is 17.2 Å². The van der Waals surface area contributed by atoms with E-state index in [1.54, 1.807) is 12.3 Å². The number of pyridine rings is 1. The van der Waals surface area contributed by atoms with Crippen LogP contribution >= 0.6 is 11.6 Å². The molecule has 0 radical (unpaired) electrons. The molecule has 0 unspecified atom stereocenters. The summed E-state index contributed by atoms with van der Waals surface area (Å²) in [6, 6.07) is 7.77. The number of amides is 1. The molecule has 1 heterocycles. The molecule has 4 saturated carbocycles. The second-order valence-electron chi connectivity index (χ2n) is 9.52. The highest BCUT2D eigenvalue weighted by Gasteiger charge is 2.68. The maximum absolute atomic E-state index is 13.5. The van der Waals surface area contributed by atoms with E-state index < -0.39 is 5.82 Å². The molecule has 2 bridgehead atoms. The molecule has 166 valence electrons. The smallest absolute Gasteiger partial charge is 0.270 e. The van der Waals surface area contributed by atoms with Crippen molar-refractivity contribution in [1.82, 2.24) is 10.3 Å². The van der Waals surface area contributed by atoms with Gasteiger partial charge in [0.1, 0.15) is 23.9 Å². The number of allylic oxidation sites excluding steroid dienone is 1. The quantitative estimate of drug-likeness (QED) is 0.579. The SMILES string of the molecule is O=C(COc1ccc(Cl)c(F)c1)CC12CC(NC(=O)c3ccc(/C=C/C4CC4)cn3)(C1)C2. The lowest BCUT2D eigenvalue weighted by Gasteiger charge is -2.70. The number of ketones is 1. The van der Waals surface area contributed by atoms with Gasteiger partial charge in [-0.15, -0.1) is 0 Å². The Morgan fingerprint density at radius 3 is 2.66 bits per heavy atom. The summed E-state index contributed by atoms with van der Waals surface area (Å²) in [6.45, 7) is -0.104. The molecule has 4 aliphatic carbocycles. The molecular weight excluding hydrogens is 431 g/mol. The number of aromatic nitrogens is 1.